The average molecular weight is 213 g/mol. The van der Waals surface area contributed by atoms with Crippen LogP contribution in [0.1, 0.15) is 5.56 Å². The predicted octanol–water partition coefficient (Wildman–Crippen LogP) is 2.34. The number of pyridine rings is 1. The number of nitrogens with zero attached hydrogens (tertiary/aromatic N) is 2. The lowest BCUT2D eigenvalue weighted by atomic mass is 10.0. The topological polar surface area (TPSA) is 62.7 Å². The molecule has 0 radical (unpaired) electrons. The van der Waals surface area contributed by atoms with E-state index in [1.807, 2.05) is 12.1 Å². The molecule has 3 nitrogen and oxygen atoms in total. The molecule has 1 heterocycles. The van der Waals surface area contributed by atoms with Gasteiger partial charge in [-0.1, -0.05) is 30.3 Å². The first-order chi connectivity index (χ1) is 7.74. The van der Waals surface area contributed by atoms with E-state index in [4.69, 9.17) is 11.0 Å². The van der Waals surface area contributed by atoms with Crippen molar-refractivity contribution < 1.29 is 4.39 Å². The number of aromatic nitrogens is 1. The molecule has 0 fully saturated rings. The lowest BCUT2D eigenvalue weighted by Gasteiger charge is -2.07. The van der Waals surface area contributed by atoms with Gasteiger partial charge in [-0.2, -0.15) is 5.26 Å². The monoisotopic (exact) mass is 213 g/mol. The van der Waals surface area contributed by atoms with E-state index in [0.717, 1.165) is 6.20 Å². The van der Waals surface area contributed by atoms with E-state index in [1.54, 1.807) is 24.3 Å². The number of hydrogen-bond acceptors (Lipinski definition) is 3. The van der Waals surface area contributed by atoms with Gasteiger partial charge in [-0.15, -0.1) is 0 Å². The highest BCUT2D eigenvalue weighted by atomic mass is 19.1. The summed E-state index contributed by atoms with van der Waals surface area (Å²) in [7, 11) is 0. The molecule has 0 amide bonds. The van der Waals surface area contributed by atoms with E-state index in [0.29, 0.717) is 11.1 Å². The lowest BCUT2D eigenvalue weighted by molar-refractivity contribution is 0.618. The van der Waals surface area contributed by atoms with E-state index in [-0.39, 0.29) is 11.4 Å². The fraction of sp³-hybridized carbons (Fsp3) is 0. The molecular weight excluding hydrogens is 205 g/mol. The van der Waals surface area contributed by atoms with Crippen LogP contribution >= 0.6 is 0 Å². The smallest absolute Gasteiger partial charge is 0.160 e. The molecule has 0 atom stereocenters. The third-order valence-corrected chi connectivity index (χ3v) is 2.24. The van der Waals surface area contributed by atoms with Gasteiger partial charge in [0, 0.05) is 5.56 Å². The van der Waals surface area contributed by atoms with E-state index < -0.39 is 5.82 Å². The number of halogens is 1. The zero-order chi connectivity index (χ0) is 11.5. The number of anilines is 1. The maximum atomic E-state index is 13.4. The van der Waals surface area contributed by atoms with Gasteiger partial charge in [0.1, 0.15) is 17.5 Å². The molecule has 0 aliphatic carbocycles. The first-order valence-corrected chi connectivity index (χ1v) is 4.63. The zero-order valence-electron chi connectivity index (χ0n) is 8.31. The van der Waals surface area contributed by atoms with Crippen LogP contribution < -0.4 is 5.73 Å². The van der Waals surface area contributed by atoms with Crippen LogP contribution in [0.25, 0.3) is 11.1 Å². The molecular formula is C12H8FN3. The number of rotatable bonds is 1. The average Bonchev–Trinajstić information content (AvgIpc) is 2.33. The molecule has 1 aromatic heterocycles. The van der Waals surface area contributed by atoms with E-state index >= 15 is 0 Å². The van der Waals surface area contributed by atoms with Crippen LogP contribution in [0.15, 0.2) is 36.5 Å². The van der Waals surface area contributed by atoms with Crippen LogP contribution in [-0.2, 0) is 0 Å². The zero-order valence-corrected chi connectivity index (χ0v) is 8.31. The summed E-state index contributed by atoms with van der Waals surface area (Å²) in [5, 5.41) is 8.91. The molecule has 2 N–H and O–H groups in total. The molecule has 0 saturated carbocycles. The minimum atomic E-state index is -0.657. The van der Waals surface area contributed by atoms with Crippen molar-refractivity contribution in [1.29, 1.82) is 5.26 Å². The van der Waals surface area contributed by atoms with Crippen LogP contribution in [0.3, 0.4) is 0 Å². The lowest BCUT2D eigenvalue weighted by Crippen LogP contribution is -1.99. The second-order valence-electron chi connectivity index (χ2n) is 3.22. The highest BCUT2D eigenvalue weighted by Crippen LogP contribution is 2.29. The van der Waals surface area contributed by atoms with Crippen molar-refractivity contribution >= 4 is 5.82 Å². The van der Waals surface area contributed by atoms with Gasteiger partial charge in [-0.25, -0.2) is 9.37 Å². The summed E-state index contributed by atoms with van der Waals surface area (Å²) >= 11 is 0. The highest BCUT2D eigenvalue weighted by Gasteiger charge is 2.14. The summed E-state index contributed by atoms with van der Waals surface area (Å²) in [5.41, 5.74) is 6.63. The van der Waals surface area contributed by atoms with Crippen molar-refractivity contribution in [2.45, 2.75) is 0 Å². The quantitative estimate of drug-likeness (QED) is 0.790. The standard InChI is InChI=1S/C12H8FN3/c13-10-7-16-12(15)11(9(10)6-14)8-4-2-1-3-5-8/h1-5,7H,(H2,15,16). The van der Waals surface area contributed by atoms with E-state index in [2.05, 4.69) is 4.98 Å². The molecule has 0 aliphatic rings. The van der Waals surface area contributed by atoms with E-state index in [1.165, 1.54) is 0 Å². The Kier molecular flexibility index (Phi) is 2.52. The summed E-state index contributed by atoms with van der Waals surface area (Å²) in [5.74, 6) is -0.500. The van der Waals surface area contributed by atoms with Crippen molar-refractivity contribution in [3.05, 3.63) is 47.9 Å². The molecule has 1 aromatic carbocycles. The van der Waals surface area contributed by atoms with Crippen LogP contribution in [0.4, 0.5) is 10.2 Å². The molecule has 16 heavy (non-hydrogen) atoms. The molecule has 4 heteroatoms. The first-order valence-electron chi connectivity index (χ1n) is 4.63. The highest BCUT2D eigenvalue weighted by molar-refractivity contribution is 5.79. The Hall–Kier alpha value is -2.41. The normalized spacial score (nSPS) is 9.75. The van der Waals surface area contributed by atoms with Crippen LogP contribution in [-0.4, -0.2) is 4.98 Å². The van der Waals surface area contributed by atoms with Crippen molar-refractivity contribution in [2.24, 2.45) is 0 Å². The minimum Gasteiger partial charge on any atom is -0.383 e. The number of hydrogen-bond donors (Lipinski definition) is 1. The van der Waals surface area contributed by atoms with E-state index in [9.17, 15) is 4.39 Å². The molecule has 0 saturated heterocycles. The summed E-state index contributed by atoms with van der Waals surface area (Å²) in [6, 6.07) is 10.7. The van der Waals surface area contributed by atoms with Gasteiger partial charge in [-0.3, -0.25) is 0 Å². The Balaban J connectivity index is 2.75. The maximum absolute atomic E-state index is 13.4. The largest absolute Gasteiger partial charge is 0.383 e. The summed E-state index contributed by atoms with van der Waals surface area (Å²) < 4.78 is 13.4. The minimum absolute atomic E-state index is 0.0706. The second-order valence-corrected chi connectivity index (χ2v) is 3.22. The van der Waals surface area contributed by atoms with Crippen molar-refractivity contribution in [2.75, 3.05) is 5.73 Å². The first kappa shape index (κ1) is 10.1. The number of nitriles is 1. The van der Waals surface area contributed by atoms with Crippen LogP contribution in [0.2, 0.25) is 0 Å². The number of nitrogen functional groups attached to an aromatic ring is 1. The fourth-order valence-corrected chi connectivity index (χ4v) is 1.51. The van der Waals surface area contributed by atoms with Crippen molar-refractivity contribution in [3.8, 4) is 17.2 Å². The van der Waals surface area contributed by atoms with Crippen LogP contribution in [0, 0.1) is 17.1 Å². The maximum Gasteiger partial charge on any atom is 0.160 e. The Labute approximate surface area is 92.0 Å². The molecule has 0 spiro atoms. The predicted molar refractivity (Wildman–Crippen MR) is 58.8 cm³/mol. The van der Waals surface area contributed by atoms with Crippen molar-refractivity contribution in [1.82, 2.24) is 4.98 Å². The Morgan fingerprint density at radius 3 is 2.56 bits per heavy atom. The van der Waals surface area contributed by atoms with Gasteiger partial charge in [0.15, 0.2) is 5.82 Å². The molecule has 2 aromatic rings. The van der Waals surface area contributed by atoms with Gasteiger partial charge >= 0.3 is 0 Å². The summed E-state index contributed by atoms with van der Waals surface area (Å²) in [6.45, 7) is 0. The van der Waals surface area contributed by atoms with Gasteiger partial charge in [-0.05, 0) is 5.56 Å². The Morgan fingerprint density at radius 1 is 1.25 bits per heavy atom. The number of benzene rings is 1. The third-order valence-electron chi connectivity index (χ3n) is 2.24. The Bertz CT molecular complexity index is 558. The van der Waals surface area contributed by atoms with Gasteiger partial charge in [0.2, 0.25) is 0 Å². The molecule has 78 valence electrons. The number of nitrogens with two attached hydrogens (primary N) is 1. The summed E-state index contributed by atoms with van der Waals surface area (Å²) in [6.07, 6.45) is 0.959. The SMILES string of the molecule is N#Cc1c(F)cnc(N)c1-c1ccccc1. The Morgan fingerprint density at radius 2 is 1.94 bits per heavy atom. The van der Waals surface area contributed by atoms with Crippen LogP contribution in [0.5, 0.6) is 0 Å². The second kappa shape index (κ2) is 3.99. The van der Waals surface area contributed by atoms with Gasteiger partial charge < -0.3 is 5.73 Å². The molecule has 0 unspecified atom stereocenters. The molecule has 0 bridgehead atoms. The molecule has 0 aliphatic heterocycles. The summed E-state index contributed by atoms with van der Waals surface area (Å²) in [4.78, 5) is 3.72. The van der Waals surface area contributed by atoms with Crippen molar-refractivity contribution in [3.63, 3.8) is 0 Å². The molecule has 2 rings (SSSR count). The third kappa shape index (κ3) is 1.59. The van der Waals surface area contributed by atoms with Gasteiger partial charge in [0.05, 0.1) is 6.20 Å². The van der Waals surface area contributed by atoms with Gasteiger partial charge in [0.25, 0.3) is 0 Å². The fourth-order valence-electron chi connectivity index (χ4n) is 1.51.